The SMILES string of the molecule is Cc1ccc2ncc(CN3CCO[C@H](c4nncn4C)C3)n2c1. The zero-order valence-electron chi connectivity index (χ0n) is 13.4. The van der Waals surface area contributed by atoms with Gasteiger partial charge in [-0.3, -0.25) is 4.90 Å². The Bertz CT molecular complexity index is 823. The Kier molecular flexibility index (Phi) is 3.59. The second-order valence-corrected chi connectivity index (χ2v) is 6.08. The van der Waals surface area contributed by atoms with Crippen molar-refractivity contribution in [3.63, 3.8) is 0 Å². The Morgan fingerprint density at radius 2 is 2.26 bits per heavy atom. The van der Waals surface area contributed by atoms with Gasteiger partial charge in [-0.15, -0.1) is 10.2 Å². The number of rotatable bonds is 3. The van der Waals surface area contributed by atoms with Crippen molar-refractivity contribution in [3.05, 3.63) is 47.9 Å². The third kappa shape index (κ3) is 2.73. The van der Waals surface area contributed by atoms with Gasteiger partial charge < -0.3 is 13.7 Å². The topological polar surface area (TPSA) is 60.5 Å². The average molecular weight is 312 g/mol. The van der Waals surface area contributed by atoms with Gasteiger partial charge >= 0.3 is 0 Å². The molecular formula is C16H20N6O. The molecule has 0 aliphatic carbocycles. The summed E-state index contributed by atoms with van der Waals surface area (Å²) in [7, 11) is 1.95. The fraction of sp³-hybridized carbons (Fsp3) is 0.438. The van der Waals surface area contributed by atoms with Gasteiger partial charge in [0.2, 0.25) is 0 Å². The summed E-state index contributed by atoms with van der Waals surface area (Å²) in [4.78, 5) is 6.87. The molecule has 0 N–H and O–H groups in total. The zero-order valence-corrected chi connectivity index (χ0v) is 13.4. The number of nitrogens with zero attached hydrogens (tertiary/aromatic N) is 6. The summed E-state index contributed by atoms with van der Waals surface area (Å²) in [5.74, 6) is 0.878. The maximum absolute atomic E-state index is 5.87. The van der Waals surface area contributed by atoms with E-state index in [1.807, 2.05) is 17.8 Å². The molecule has 3 aromatic heterocycles. The van der Waals surface area contributed by atoms with Crippen LogP contribution in [-0.4, -0.2) is 48.7 Å². The van der Waals surface area contributed by atoms with Crippen LogP contribution >= 0.6 is 0 Å². The number of imidazole rings is 1. The first-order valence-electron chi connectivity index (χ1n) is 7.81. The van der Waals surface area contributed by atoms with E-state index in [-0.39, 0.29) is 6.10 Å². The lowest BCUT2D eigenvalue weighted by Crippen LogP contribution is -2.38. The molecule has 7 heteroatoms. The molecule has 4 rings (SSSR count). The highest BCUT2D eigenvalue weighted by atomic mass is 16.5. The van der Waals surface area contributed by atoms with Crippen LogP contribution in [0.2, 0.25) is 0 Å². The number of morpholine rings is 1. The van der Waals surface area contributed by atoms with Gasteiger partial charge in [0.05, 0.1) is 18.5 Å². The van der Waals surface area contributed by atoms with E-state index in [0.717, 1.165) is 31.1 Å². The van der Waals surface area contributed by atoms with Gasteiger partial charge in [0.1, 0.15) is 18.1 Å². The number of ether oxygens (including phenoxy) is 1. The van der Waals surface area contributed by atoms with Gasteiger partial charge in [-0.25, -0.2) is 4.98 Å². The lowest BCUT2D eigenvalue weighted by Gasteiger charge is -2.32. The van der Waals surface area contributed by atoms with Crippen LogP contribution in [0, 0.1) is 6.92 Å². The number of hydrogen-bond acceptors (Lipinski definition) is 5. The minimum Gasteiger partial charge on any atom is -0.368 e. The molecule has 0 bridgehead atoms. The Balaban J connectivity index is 1.54. The average Bonchev–Trinajstić information content (AvgIpc) is 3.14. The van der Waals surface area contributed by atoms with E-state index >= 15 is 0 Å². The molecule has 0 unspecified atom stereocenters. The first-order chi connectivity index (χ1) is 11.2. The third-order valence-electron chi connectivity index (χ3n) is 4.30. The monoisotopic (exact) mass is 312 g/mol. The molecule has 1 saturated heterocycles. The second kappa shape index (κ2) is 5.75. The van der Waals surface area contributed by atoms with Gasteiger partial charge in [-0.05, 0) is 18.6 Å². The summed E-state index contributed by atoms with van der Waals surface area (Å²) in [6.07, 6.45) is 5.78. The molecule has 120 valence electrons. The molecular weight excluding hydrogens is 292 g/mol. The maximum Gasteiger partial charge on any atom is 0.163 e. The van der Waals surface area contributed by atoms with Crippen molar-refractivity contribution >= 4 is 5.65 Å². The molecule has 1 aliphatic rings. The molecule has 0 saturated carbocycles. The maximum atomic E-state index is 5.87. The van der Waals surface area contributed by atoms with Crippen molar-refractivity contribution in [1.82, 2.24) is 29.0 Å². The Morgan fingerprint density at radius 3 is 3.09 bits per heavy atom. The van der Waals surface area contributed by atoms with Crippen LogP contribution in [0.5, 0.6) is 0 Å². The molecule has 23 heavy (non-hydrogen) atoms. The van der Waals surface area contributed by atoms with Crippen LogP contribution < -0.4 is 0 Å². The summed E-state index contributed by atoms with van der Waals surface area (Å²) in [6.45, 7) is 5.37. The highest BCUT2D eigenvalue weighted by molar-refractivity contribution is 5.41. The highest BCUT2D eigenvalue weighted by Gasteiger charge is 2.26. The van der Waals surface area contributed by atoms with Crippen molar-refractivity contribution in [3.8, 4) is 0 Å². The van der Waals surface area contributed by atoms with Gasteiger partial charge in [0.25, 0.3) is 0 Å². The number of fused-ring (bicyclic) bond motifs is 1. The van der Waals surface area contributed by atoms with Crippen molar-refractivity contribution in [2.24, 2.45) is 7.05 Å². The zero-order chi connectivity index (χ0) is 15.8. The first-order valence-corrected chi connectivity index (χ1v) is 7.81. The molecule has 0 radical (unpaired) electrons. The van der Waals surface area contributed by atoms with Crippen LogP contribution in [-0.2, 0) is 18.3 Å². The normalized spacial score (nSPS) is 19.5. The lowest BCUT2D eigenvalue weighted by molar-refractivity contribution is -0.0389. The summed E-state index contributed by atoms with van der Waals surface area (Å²) in [5.41, 5.74) is 3.42. The molecule has 0 spiro atoms. The van der Waals surface area contributed by atoms with Crippen LogP contribution in [0.1, 0.15) is 23.2 Å². The van der Waals surface area contributed by atoms with E-state index in [0.29, 0.717) is 6.61 Å². The molecule has 1 fully saturated rings. The van der Waals surface area contributed by atoms with Gasteiger partial charge in [0, 0.05) is 32.9 Å². The van der Waals surface area contributed by atoms with Gasteiger partial charge in [-0.2, -0.15) is 0 Å². The summed E-state index contributed by atoms with van der Waals surface area (Å²) in [6, 6.07) is 4.14. The van der Waals surface area contributed by atoms with Crippen LogP contribution in [0.25, 0.3) is 5.65 Å². The predicted octanol–water partition coefficient (Wildman–Crippen LogP) is 1.34. The number of aryl methyl sites for hydroxylation is 2. The van der Waals surface area contributed by atoms with E-state index in [1.54, 1.807) is 6.33 Å². The first kappa shape index (κ1) is 14.3. The summed E-state index contributed by atoms with van der Waals surface area (Å²) < 4.78 is 9.96. The van der Waals surface area contributed by atoms with Gasteiger partial charge in [0.15, 0.2) is 5.82 Å². The number of pyridine rings is 1. The standard InChI is InChI=1S/C16H20N6O/c1-12-3-4-15-17-7-13(22(15)8-12)9-21-5-6-23-14(10-21)16-19-18-11-20(16)2/h3-4,7-8,11,14H,5-6,9-10H2,1-2H3/t14-/m0/s1. The Labute approximate surface area is 134 Å². The Morgan fingerprint density at radius 1 is 1.35 bits per heavy atom. The molecule has 0 aromatic carbocycles. The lowest BCUT2D eigenvalue weighted by atomic mass is 10.2. The molecule has 1 aliphatic heterocycles. The van der Waals surface area contributed by atoms with Gasteiger partial charge in [-0.1, -0.05) is 6.07 Å². The fourth-order valence-electron chi connectivity index (χ4n) is 3.07. The minimum absolute atomic E-state index is 0.0304. The van der Waals surface area contributed by atoms with Crippen molar-refractivity contribution in [1.29, 1.82) is 0 Å². The molecule has 4 heterocycles. The minimum atomic E-state index is -0.0304. The van der Waals surface area contributed by atoms with Crippen molar-refractivity contribution in [2.75, 3.05) is 19.7 Å². The number of aromatic nitrogens is 5. The largest absolute Gasteiger partial charge is 0.368 e. The highest BCUT2D eigenvalue weighted by Crippen LogP contribution is 2.21. The van der Waals surface area contributed by atoms with E-state index < -0.39 is 0 Å². The second-order valence-electron chi connectivity index (χ2n) is 6.08. The van der Waals surface area contributed by atoms with E-state index in [2.05, 4.69) is 49.7 Å². The number of hydrogen-bond donors (Lipinski definition) is 0. The fourth-order valence-corrected chi connectivity index (χ4v) is 3.07. The summed E-state index contributed by atoms with van der Waals surface area (Å²) in [5, 5.41) is 8.12. The quantitative estimate of drug-likeness (QED) is 0.730. The smallest absolute Gasteiger partial charge is 0.163 e. The third-order valence-corrected chi connectivity index (χ3v) is 4.30. The van der Waals surface area contributed by atoms with E-state index in [1.165, 1.54) is 11.3 Å². The Hall–Kier alpha value is -2.25. The molecule has 3 aromatic rings. The molecule has 0 amide bonds. The van der Waals surface area contributed by atoms with Crippen molar-refractivity contribution < 1.29 is 4.74 Å². The molecule has 7 nitrogen and oxygen atoms in total. The van der Waals surface area contributed by atoms with Crippen molar-refractivity contribution in [2.45, 2.75) is 19.6 Å². The molecule has 1 atom stereocenters. The van der Waals surface area contributed by atoms with Crippen LogP contribution in [0.15, 0.2) is 30.9 Å². The predicted molar refractivity (Wildman–Crippen MR) is 84.9 cm³/mol. The van der Waals surface area contributed by atoms with Crippen LogP contribution in [0.3, 0.4) is 0 Å². The van der Waals surface area contributed by atoms with Crippen LogP contribution in [0.4, 0.5) is 0 Å². The van der Waals surface area contributed by atoms with E-state index in [4.69, 9.17) is 4.74 Å². The summed E-state index contributed by atoms with van der Waals surface area (Å²) >= 11 is 0. The van der Waals surface area contributed by atoms with E-state index in [9.17, 15) is 0 Å².